The number of imide groups is 1. The van der Waals surface area contributed by atoms with Gasteiger partial charge in [-0.3, -0.25) is 14.5 Å². The highest BCUT2D eigenvalue weighted by Gasteiger charge is 2.36. The highest BCUT2D eigenvalue weighted by Crippen LogP contribution is 2.28. The maximum Gasteiger partial charge on any atom is 0.414 e. The number of hydrogen-bond acceptors (Lipinski definition) is 5. The summed E-state index contributed by atoms with van der Waals surface area (Å²) in [4.78, 5) is 51.4. The van der Waals surface area contributed by atoms with Crippen molar-refractivity contribution in [2.75, 3.05) is 29.5 Å². The van der Waals surface area contributed by atoms with Crippen LogP contribution in [-0.2, 0) is 9.53 Å². The van der Waals surface area contributed by atoms with Crippen molar-refractivity contribution < 1.29 is 19.1 Å². The number of H-pyrrole nitrogens is 1. The highest BCUT2D eigenvalue weighted by molar-refractivity contribution is 6.21. The van der Waals surface area contributed by atoms with Crippen LogP contribution >= 0.6 is 0 Å². The minimum absolute atomic E-state index is 0.0626. The van der Waals surface area contributed by atoms with Crippen LogP contribution in [0.25, 0.3) is 0 Å². The van der Waals surface area contributed by atoms with Gasteiger partial charge in [0.25, 0.3) is 11.5 Å². The summed E-state index contributed by atoms with van der Waals surface area (Å²) in [6, 6.07) is 0.764. The Labute approximate surface area is 112 Å². The van der Waals surface area contributed by atoms with Crippen LogP contribution in [0.2, 0.25) is 0 Å². The topological polar surface area (TPSA) is 112 Å². The normalized spacial score (nSPS) is 18.5. The molecule has 0 radical (unpaired) electrons. The molecule has 0 bridgehead atoms. The molecule has 0 unspecified atom stereocenters. The number of nitrogens with one attached hydrogen (secondary N) is 2. The summed E-state index contributed by atoms with van der Waals surface area (Å²) in [5, 5.41) is 2.36. The maximum absolute atomic E-state index is 12.0. The van der Waals surface area contributed by atoms with Crippen molar-refractivity contribution in [3.63, 3.8) is 0 Å². The van der Waals surface area contributed by atoms with Gasteiger partial charge in [0, 0.05) is 6.20 Å². The number of carbonyl (C=O) groups excluding carboxylic acids is 3. The summed E-state index contributed by atoms with van der Waals surface area (Å²) >= 11 is 0. The molecule has 20 heavy (non-hydrogen) atoms. The van der Waals surface area contributed by atoms with E-state index >= 15 is 0 Å². The van der Waals surface area contributed by atoms with Crippen molar-refractivity contribution in [3.05, 3.63) is 22.6 Å². The number of ether oxygens (including phenoxy) is 1. The Kier molecular flexibility index (Phi) is 2.67. The molecule has 2 fully saturated rings. The molecule has 2 saturated heterocycles. The Morgan fingerprint density at radius 2 is 2.00 bits per heavy atom. The number of rotatable bonds is 2. The standard InChI is InChI=1S/C11H10N4O5/c16-7-5-13-10(18)15(7)6-1-2-12-9(17)8(6)14-3-4-20-11(14)19/h1-2H,3-5H2,(H,12,17)(H,13,18). The van der Waals surface area contributed by atoms with E-state index in [1.54, 1.807) is 0 Å². The Bertz CT molecular complexity index is 651. The first-order chi connectivity index (χ1) is 9.59. The van der Waals surface area contributed by atoms with E-state index in [0.717, 1.165) is 9.80 Å². The van der Waals surface area contributed by atoms with E-state index < -0.39 is 23.6 Å². The Balaban J connectivity index is 2.14. The van der Waals surface area contributed by atoms with Gasteiger partial charge in [0.05, 0.1) is 18.8 Å². The van der Waals surface area contributed by atoms with Crippen molar-refractivity contribution >= 4 is 29.4 Å². The van der Waals surface area contributed by atoms with Crippen molar-refractivity contribution in [2.24, 2.45) is 0 Å². The molecule has 0 saturated carbocycles. The summed E-state index contributed by atoms with van der Waals surface area (Å²) < 4.78 is 4.78. The molecule has 0 aliphatic carbocycles. The molecule has 4 amide bonds. The van der Waals surface area contributed by atoms with Crippen LogP contribution in [-0.4, -0.2) is 42.7 Å². The molecule has 9 nitrogen and oxygen atoms in total. The van der Waals surface area contributed by atoms with Crippen LogP contribution in [0.4, 0.5) is 21.0 Å². The quantitative estimate of drug-likeness (QED) is 0.701. The highest BCUT2D eigenvalue weighted by atomic mass is 16.6. The van der Waals surface area contributed by atoms with Gasteiger partial charge < -0.3 is 15.0 Å². The second-order valence-corrected chi connectivity index (χ2v) is 4.19. The van der Waals surface area contributed by atoms with Crippen molar-refractivity contribution in [2.45, 2.75) is 0 Å². The predicted octanol–water partition coefficient (Wildman–Crippen LogP) is -0.612. The maximum atomic E-state index is 12.0. The first-order valence-corrected chi connectivity index (χ1v) is 5.86. The van der Waals surface area contributed by atoms with Crippen molar-refractivity contribution in [3.8, 4) is 0 Å². The summed E-state index contributed by atoms with van der Waals surface area (Å²) in [5.74, 6) is -0.491. The van der Waals surface area contributed by atoms with Gasteiger partial charge in [0.1, 0.15) is 12.3 Å². The van der Waals surface area contributed by atoms with Gasteiger partial charge in [-0.15, -0.1) is 0 Å². The number of pyridine rings is 1. The summed E-state index contributed by atoms with van der Waals surface area (Å²) in [5.41, 5.74) is -0.582. The Morgan fingerprint density at radius 3 is 2.60 bits per heavy atom. The van der Waals surface area contributed by atoms with Gasteiger partial charge in [-0.25, -0.2) is 14.5 Å². The van der Waals surface area contributed by atoms with E-state index in [1.165, 1.54) is 12.3 Å². The molecule has 3 heterocycles. The number of carbonyl (C=O) groups is 3. The van der Waals surface area contributed by atoms with Gasteiger partial charge in [-0.05, 0) is 6.07 Å². The average Bonchev–Trinajstić information content (AvgIpc) is 2.96. The Morgan fingerprint density at radius 1 is 1.20 bits per heavy atom. The molecule has 1 aromatic rings. The van der Waals surface area contributed by atoms with Crippen LogP contribution in [0.15, 0.2) is 17.1 Å². The van der Waals surface area contributed by atoms with Gasteiger partial charge in [-0.1, -0.05) is 0 Å². The third kappa shape index (κ3) is 1.71. The van der Waals surface area contributed by atoms with E-state index in [1.807, 2.05) is 0 Å². The zero-order valence-corrected chi connectivity index (χ0v) is 10.2. The third-order valence-electron chi connectivity index (χ3n) is 3.03. The van der Waals surface area contributed by atoms with Gasteiger partial charge >= 0.3 is 12.1 Å². The molecule has 104 valence electrons. The van der Waals surface area contributed by atoms with E-state index in [9.17, 15) is 19.2 Å². The molecule has 9 heteroatoms. The van der Waals surface area contributed by atoms with Crippen molar-refractivity contribution in [1.82, 2.24) is 10.3 Å². The molecule has 0 spiro atoms. The molecule has 2 aliphatic rings. The number of hydrogen-bond donors (Lipinski definition) is 2. The number of cyclic esters (lactones) is 1. The minimum Gasteiger partial charge on any atom is -0.447 e. The lowest BCUT2D eigenvalue weighted by atomic mass is 10.3. The number of amides is 4. The third-order valence-corrected chi connectivity index (χ3v) is 3.03. The smallest absolute Gasteiger partial charge is 0.414 e. The fraction of sp³-hybridized carbons (Fsp3) is 0.273. The van der Waals surface area contributed by atoms with E-state index in [0.29, 0.717) is 0 Å². The first-order valence-electron chi connectivity index (χ1n) is 5.86. The first kappa shape index (κ1) is 12.2. The lowest BCUT2D eigenvalue weighted by Gasteiger charge is -2.20. The molecular formula is C11H10N4O5. The number of urea groups is 1. The largest absolute Gasteiger partial charge is 0.447 e. The monoisotopic (exact) mass is 278 g/mol. The molecule has 1 aromatic heterocycles. The zero-order valence-electron chi connectivity index (χ0n) is 10.2. The number of aromatic amines is 1. The van der Waals surface area contributed by atoms with Crippen LogP contribution in [0.5, 0.6) is 0 Å². The SMILES string of the molecule is O=C1OCCN1c1c(N2C(=O)CNC2=O)cc[nH]c1=O. The average molecular weight is 278 g/mol. The second-order valence-electron chi connectivity index (χ2n) is 4.19. The summed E-state index contributed by atoms with van der Waals surface area (Å²) in [6.45, 7) is 0.185. The second kappa shape index (κ2) is 4.37. The van der Waals surface area contributed by atoms with E-state index in [4.69, 9.17) is 4.74 Å². The van der Waals surface area contributed by atoms with Crippen LogP contribution in [0, 0.1) is 0 Å². The summed E-state index contributed by atoms with van der Waals surface area (Å²) in [6.07, 6.45) is 0.622. The zero-order chi connectivity index (χ0) is 14.3. The molecule has 3 rings (SSSR count). The molecule has 0 aromatic carbocycles. The summed E-state index contributed by atoms with van der Waals surface area (Å²) in [7, 11) is 0. The fourth-order valence-electron chi connectivity index (χ4n) is 2.16. The minimum atomic E-state index is -0.685. The molecule has 0 atom stereocenters. The van der Waals surface area contributed by atoms with Crippen LogP contribution < -0.4 is 20.7 Å². The van der Waals surface area contributed by atoms with E-state index in [-0.39, 0.29) is 31.1 Å². The van der Waals surface area contributed by atoms with Crippen LogP contribution in [0.3, 0.4) is 0 Å². The molecular weight excluding hydrogens is 268 g/mol. The number of anilines is 2. The van der Waals surface area contributed by atoms with Crippen LogP contribution in [0.1, 0.15) is 0 Å². The number of aromatic nitrogens is 1. The van der Waals surface area contributed by atoms with Gasteiger partial charge in [-0.2, -0.15) is 0 Å². The molecule has 2 aliphatic heterocycles. The van der Waals surface area contributed by atoms with Gasteiger partial charge in [0.15, 0.2) is 0 Å². The van der Waals surface area contributed by atoms with Gasteiger partial charge in [0.2, 0.25) is 0 Å². The van der Waals surface area contributed by atoms with Crippen molar-refractivity contribution in [1.29, 1.82) is 0 Å². The van der Waals surface area contributed by atoms with E-state index in [2.05, 4.69) is 10.3 Å². The lowest BCUT2D eigenvalue weighted by Crippen LogP contribution is -2.36. The number of nitrogens with zero attached hydrogens (tertiary/aromatic N) is 2. The Hall–Kier alpha value is -2.84. The predicted molar refractivity (Wildman–Crippen MR) is 66.6 cm³/mol. The molecule has 2 N–H and O–H groups in total. The lowest BCUT2D eigenvalue weighted by molar-refractivity contribution is -0.115. The fourth-order valence-corrected chi connectivity index (χ4v) is 2.16.